The van der Waals surface area contributed by atoms with Gasteiger partial charge in [0.05, 0.1) is 16.0 Å². The monoisotopic (exact) mass is 425 g/mol. The number of sulfonamides is 1. The molecular formula is C22H19NO6S. The molecule has 0 saturated heterocycles. The highest BCUT2D eigenvalue weighted by Crippen LogP contribution is 2.19. The molecule has 3 aromatic rings. The molecule has 0 radical (unpaired) electrons. The summed E-state index contributed by atoms with van der Waals surface area (Å²) in [7, 11) is -3.88. The molecule has 0 aliphatic heterocycles. The third-order valence-electron chi connectivity index (χ3n) is 4.52. The molecule has 0 bridgehead atoms. The number of anilines is 1. The van der Waals surface area contributed by atoms with Crippen LogP contribution < -0.4 is 4.72 Å². The lowest BCUT2D eigenvalue weighted by Crippen LogP contribution is -2.13. The number of carboxylic acids is 2. The summed E-state index contributed by atoms with van der Waals surface area (Å²) in [4.78, 5) is 22.2. The van der Waals surface area contributed by atoms with E-state index >= 15 is 0 Å². The van der Waals surface area contributed by atoms with Gasteiger partial charge in [0.25, 0.3) is 10.0 Å². The van der Waals surface area contributed by atoms with Crippen LogP contribution in [-0.2, 0) is 22.9 Å². The van der Waals surface area contributed by atoms with E-state index in [4.69, 9.17) is 5.11 Å². The summed E-state index contributed by atoms with van der Waals surface area (Å²) >= 11 is 0. The molecule has 8 heteroatoms. The van der Waals surface area contributed by atoms with E-state index in [1.165, 1.54) is 24.3 Å². The minimum Gasteiger partial charge on any atom is -0.478 e. The van der Waals surface area contributed by atoms with Gasteiger partial charge in [-0.3, -0.25) is 4.72 Å². The van der Waals surface area contributed by atoms with Gasteiger partial charge in [0, 0.05) is 5.69 Å². The first-order chi connectivity index (χ1) is 14.3. The van der Waals surface area contributed by atoms with E-state index in [0.717, 1.165) is 5.56 Å². The van der Waals surface area contributed by atoms with Gasteiger partial charge in [0.15, 0.2) is 0 Å². The Balaban J connectivity index is 1.74. The number of carboxylic acid groups (broad SMARTS) is 2. The highest BCUT2D eigenvalue weighted by Gasteiger charge is 2.15. The quantitative estimate of drug-likeness (QED) is 0.506. The first-order valence-corrected chi connectivity index (χ1v) is 10.5. The molecule has 0 amide bonds. The number of hydrogen-bond donors (Lipinski definition) is 3. The van der Waals surface area contributed by atoms with Crippen molar-refractivity contribution in [2.75, 3.05) is 4.72 Å². The fraction of sp³-hybridized carbons (Fsp3) is 0.0909. The summed E-state index contributed by atoms with van der Waals surface area (Å²) in [6, 6.07) is 18.5. The second-order valence-electron chi connectivity index (χ2n) is 6.60. The van der Waals surface area contributed by atoms with E-state index in [1.54, 1.807) is 42.5 Å². The Labute approximate surface area is 173 Å². The molecule has 0 aliphatic carbocycles. The van der Waals surface area contributed by atoms with E-state index in [1.807, 2.05) is 6.07 Å². The fourth-order valence-corrected chi connectivity index (χ4v) is 4.06. The lowest BCUT2D eigenvalue weighted by molar-refractivity contribution is 0.0685. The highest BCUT2D eigenvalue weighted by molar-refractivity contribution is 7.92. The number of aromatic carboxylic acids is 2. The van der Waals surface area contributed by atoms with Crippen molar-refractivity contribution >= 4 is 27.6 Å². The van der Waals surface area contributed by atoms with E-state index in [2.05, 4.69) is 4.72 Å². The van der Waals surface area contributed by atoms with E-state index in [-0.39, 0.29) is 16.0 Å². The lowest BCUT2D eigenvalue weighted by Gasteiger charge is -2.10. The molecule has 154 valence electrons. The number of rotatable bonds is 8. The number of nitrogens with one attached hydrogen (secondary N) is 1. The van der Waals surface area contributed by atoms with Crippen LogP contribution in [0.3, 0.4) is 0 Å². The van der Waals surface area contributed by atoms with Gasteiger partial charge in [-0.15, -0.1) is 0 Å². The minimum absolute atomic E-state index is 0.00223. The second-order valence-corrected chi connectivity index (χ2v) is 8.28. The molecule has 30 heavy (non-hydrogen) atoms. The largest absolute Gasteiger partial charge is 0.478 e. The maximum absolute atomic E-state index is 12.6. The van der Waals surface area contributed by atoms with Gasteiger partial charge in [-0.25, -0.2) is 18.0 Å². The third kappa shape index (κ3) is 5.03. The summed E-state index contributed by atoms with van der Waals surface area (Å²) < 4.78 is 27.6. The van der Waals surface area contributed by atoms with Crippen LogP contribution in [0.1, 0.15) is 31.8 Å². The van der Waals surface area contributed by atoms with Crippen molar-refractivity contribution in [3.05, 3.63) is 95.1 Å². The molecule has 3 rings (SSSR count). The predicted octanol–water partition coefficient (Wildman–Crippen LogP) is 3.67. The first-order valence-electron chi connectivity index (χ1n) is 9.02. The standard InChI is InChI=1S/C22H19NO6S/c24-21(25)17-10-12-19(13-11-17)30(28,29)23-18-6-3-4-15(14-18)8-9-16-5-1-2-7-20(16)22(26)27/h1-7,10-14,23H,8-9H2,(H,24,25)(H,26,27). The summed E-state index contributed by atoms with van der Waals surface area (Å²) in [6.07, 6.45) is 1.03. The molecule has 0 aliphatic rings. The molecular weight excluding hydrogens is 406 g/mol. The van der Waals surface area contributed by atoms with Gasteiger partial charge in [0.1, 0.15) is 0 Å². The Bertz CT molecular complexity index is 1190. The summed E-state index contributed by atoms with van der Waals surface area (Å²) in [6.45, 7) is 0. The van der Waals surface area contributed by atoms with Crippen molar-refractivity contribution in [2.24, 2.45) is 0 Å². The van der Waals surface area contributed by atoms with Crippen LogP contribution >= 0.6 is 0 Å². The summed E-state index contributed by atoms with van der Waals surface area (Å²) in [5.41, 5.74) is 2.16. The van der Waals surface area contributed by atoms with Crippen LogP contribution in [0.25, 0.3) is 0 Å². The van der Waals surface area contributed by atoms with Crippen LogP contribution in [0, 0.1) is 0 Å². The van der Waals surface area contributed by atoms with E-state index < -0.39 is 22.0 Å². The average Bonchev–Trinajstić information content (AvgIpc) is 2.72. The smallest absolute Gasteiger partial charge is 0.335 e. The Morgan fingerprint density at radius 3 is 2.17 bits per heavy atom. The maximum Gasteiger partial charge on any atom is 0.335 e. The maximum atomic E-state index is 12.6. The normalized spacial score (nSPS) is 11.1. The van der Waals surface area contributed by atoms with Crippen molar-refractivity contribution in [1.29, 1.82) is 0 Å². The number of carbonyl (C=O) groups is 2. The van der Waals surface area contributed by atoms with Gasteiger partial charge in [0.2, 0.25) is 0 Å². The molecule has 0 heterocycles. The summed E-state index contributed by atoms with van der Waals surface area (Å²) in [5, 5.41) is 18.2. The van der Waals surface area contributed by atoms with Crippen molar-refractivity contribution in [3.63, 3.8) is 0 Å². The number of hydrogen-bond acceptors (Lipinski definition) is 4. The highest BCUT2D eigenvalue weighted by atomic mass is 32.2. The van der Waals surface area contributed by atoms with Crippen LogP contribution in [0.5, 0.6) is 0 Å². The van der Waals surface area contributed by atoms with Gasteiger partial charge < -0.3 is 10.2 Å². The van der Waals surface area contributed by atoms with E-state index in [0.29, 0.717) is 24.1 Å². The zero-order valence-corrected chi connectivity index (χ0v) is 16.6. The zero-order valence-electron chi connectivity index (χ0n) is 15.8. The predicted molar refractivity (Wildman–Crippen MR) is 111 cm³/mol. The molecule has 0 atom stereocenters. The topological polar surface area (TPSA) is 121 Å². The van der Waals surface area contributed by atoms with Gasteiger partial charge in [-0.1, -0.05) is 30.3 Å². The van der Waals surface area contributed by atoms with Crippen molar-refractivity contribution in [1.82, 2.24) is 0 Å². The molecule has 0 fully saturated rings. The zero-order chi connectivity index (χ0) is 21.7. The Kier molecular flexibility index (Phi) is 6.17. The van der Waals surface area contributed by atoms with Gasteiger partial charge >= 0.3 is 11.9 Å². The molecule has 7 nitrogen and oxygen atoms in total. The van der Waals surface area contributed by atoms with Crippen LogP contribution in [0.4, 0.5) is 5.69 Å². The first kappa shape index (κ1) is 21.1. The molecule has 0 saturated carbocycles. The van der Waals surface area contributed by atoms with Crippen LogP contribution in [-0.4, -0.2) is 30.6 Å². The summed E-state index contributed by atoms with van der Waals surface area (Å²) in [5.74, 6) is -2.12. The van der Waals surface area contributed by atoms with Crippen molar-refractivity contribution in [2.45, 2.75) is 17.7 Å². The molecule has 0 spiro atoms. The Hall–Kier alpha value is -3.65. The van der Waals surface area contributed by atoms with Crippen LogP contribution in [0.2, 0.25) is 0 Å². The van der Waals surface area contributed by atoms with Crippen molar-refractivity contribution < 1.29 is 28.2 Å². The van der Waals surface area contributed by atoms with Crippen molar-refractivity contribution in [3.8, 4) is 0 Å². The minimum atomic E-state index is -3.88. The van der Waals surface area contributed by atoms with Gasteiger partial charge in [-0.05, 0) is 66.4 Å². The third-order valence-corrected chi connectivity index (χ3v) is 5.92. The average molecular weight is 425 g/mol. The fourth-order valence-electron chi connectivity index (χ4n) is 3.01. The Morgan fingerprint density at radius 1 is 0.800 bits per heavy atom. The number of benzene rings is 3. The molecule has 0 aromatic heterocycles. The molecule has 0 unspecified atom stereocenters. The Morgan fingerprint density at radius 2 is 1.50 bits per heavy atom. The van der Waals surface area contributed by atoms with Gasteiger partial charge in [-0.2, -0.15) is 0 Å². The molecule has 3 aromatic carbocycles. The molecule has 3 N–H and O–H groups in total. The van der Waals surface area contributed by atoms with Crippen LogP contribution in [0.15, 0.2) is 77.7 Å². The number of aryl methyl sites for hydroxylation is 2. The second kappa shape index (κ2) is 8.79. The van der Waals surface area contributed by atoms with E-state index in [9.17, 15) is 23.1 Å². The lowest BCUT2D eigenvalue weighted by atomic mass is 10.00. The SMILES string of the molecule is O=C(O)c1ccc(S(=O)(=O)Nc2cccc(CCc3ccccc3C(=O)O)c2)cc1.